The van der Waals surface area contributed by atoms with Crippen LogP contribution in [0, 0.1) is 0 Å². The first-order valence-corrected chi connectivity index (χ1v) is 6.51. The first-order chi connectivity index (χ1) is 9.65. The molecule has 1 aromatic carbocycles. The monoisotopic (exact) mass is 322 g/mol. The van der Waals surface area contributed by atoms with Gasteiger partial charge in [0, 0.05) is 11.7 Å². The summed E-state index contributed by atoms with van der Waals surface area (Å²) in [5.41, 5.74) is -1.24. The summed E-state index contributed by atoms with van der Waals surface area (Å²) in [5.74, 6) is -1.95. The number of carbonyl (C=O) groups is 2. The van der Waals surface area contributed by atoms with Gasteiger partial charge in [-0.3, -0.25) is 9.59 Å². The van der Waals surface area contributed by atoms with E-state index in [4.69, 9.17) is 11.6 Å². The SMILES string of the molecule is CC[C@H](C)NC(=O)C(=O)Nc1ccc(Cl)c(C(F)(F)F)c1. The maximum absolute atomic E-state index is 12.7. The molecule has 0 saturated heterocycles. The summed E-state index contributed by atoms with van der Waals surface area (Å²) >= 11 is 5.46. The third kappa shape index (κ3) is 4.93. The second-order valence-corrected chi connectivity index (χ2v) is 4.84. The molecule has 0 saturated carbocycles. The van der Waals surface area contributed by atoms with Crippen molar-refractivity contribution in [1.29, 1.82) is 0 Å². The molecule has 0 unspecified atom stereocenters. The molecule has 0 fully saturated rings. The largest absolute Gasteiger partial charge is 0.417 e. The van der Waals surface area contributed by atoms with Crippen LogP contribution in [0.15, 0.2) is 18.2 Å². The Morgan fingerprint density at radius 3 is 2.43 bits per heavy atom. The van der Waals surface area contributed by atoms with Gasteiger partial charge in [-0.05, 0) is 31.5 Å². The van der Waals surface area contributed by atoms with Crippen LogP contribution in [-0.2, 0) is 15.8 Å². The topological polar surface area (TPSA) is 58.2 Å². The van der Waals surface area contributed by atoms with Crippen LogP contribution in [-0.4, -0.2) is 17.9 Å². The van der Waals surface area contributed by atoms with Crippen LogP contribution < -0.4 is 10.6 Å². The number of benzene rings is 1. The van der Waals surface area contributed by atoms with Crippen molar-refractivity contribution in [2.24, 2.45) is 0 Å². The molecule has 1 aromatic rings. The zero-order valence-corrected chi connectivity index (χ0v) is 12.1. The minimum atomic E-state index is -4.64. The number of alkyl halides is 3. The van der Waals surface area contributed by atoms with Crippen LogP contribution >= 0.6 is 11.6 Å². The van der Waals surface area contributed by atoms with Crippen molar-refractivity contribution >= 4 is 29.1 Å². The Balaban J connectivity index is 2.84. The molecule has 0 heterocycles. The van der Waals surface area contributed by atoms with Crippen LogP contribution in [0.2, 0.25) is 5.02 Å². The van der Waals surface area contributed by atoms with E-state index >= 15 is 0 Å². The van der Waals surface area contributed by atoms with E-state index in [-0.39, 0.29) is 11.7 Å². The van der Waals surface area contributed by atoms with Crippen molar-refractivity contribution < 1.29 is 22.8 Å². The quantitative estimate of drug-likeness (QED) is 0.840. The van der Waals surface area contributed by atoms with E-state index in [1.807, 2.05) is 6.92 Å². The number of carbonyl (C=O) groups excluding carboxylic acids is 2. The molecule has 116 valence electrons. The summed E-state index contributed by atoms with van der Waals surface area (Å²) < 4.78 is 38.0. The number of hydrogen-bond donors (Lipinski definition) is 2. The number of hydrogen-bond acceptors (Lipinski definition) is 2. The van der Waals surface area contributed by atoms with E-state index < -0.39 is 28.6 Å². The smallest absolute Gasteiger partial charge is 0.345 e. The van der Waals surface area contributed by atoms with E-state index in [0.29, 0.717) is 12.5 Å². The Hall–Kier alpha value is -1.76. The molecule has 1 rings (SSSR count). The first kappa shape index (κ1) is 17.3. The van der Waals surface area contributed by atoms with Crippen LogP contribution in [0.25, 0.3) is 0 Å². The maximum Gasteiger partial charge on any atom is 0.417 e. The summed E-state index contributed by atoms with van der Waals surface area (Å²) in [6.07, 6.45) is -4.02. The fourth-order valence-corrected chi connectivity index (χ4v) is 1.62. The Morgan fingerprint density at radius 1 is 1.29 bits per heavy atom. The summed E-state index contributed by atoms with van der Waals surface area (Å²) in [5, 5.41) is 4.03. The van der Waals surface area contributed by atoms with Crippen LogP contribution in [0.1, 0.15) is 25.8 Å². The highest BCUT2D eigenvalue weighted by Gasteiger charge is 2.33. The molecular weight excluding hydrogens is 309 g/mol. The van der Waals surface area contributed by atoms with Gasteiger partial charge in [0.15, 0.2) is 0 Å². The fraction of sp³-hybridized carbons (Fsp3) is 0.385. The Morgan fingerprint density at radius 2 is 1.90 bits per heavy atom. The number of halogens is 4. The second kappa shape index (κ2) is 6.80. The number of nitrogens with one attached hydrogen (secondary N) is 2. The zero-order chi connectivity index (χ0) is 16.2. The molecule has 0 radical (unpaired) electrons. The lowest BCUT2D eigenvalue weighted by Crippen LogP contribution is -2.40. The van der Waals surface area contributed by atoms with Crippen molar-refractivity contribution in [3.8, 4) is 0 Å². The molecule has 0 bridgehead atoms. The Bertz CT molecular complexity index is 547. The average molecular weight is 323 g/mol. The standard InChI is InChI=1S/C13H14ClF3N2O2/c1-3-7(2)18-11(20)12(21)19-8-4-5-10(14)9(6-8)13(15,16)17/h4-7H,3H2,1-2H3,(H,18,20)(H,19,21)/t7-/m0/s1. The van der Waals surface area contributed by atoms with Crippen molar-refractivity contribution in [3.05, 3.63) is 28.8 Å². The lowest BCUT2D eigenvalue weighted by molar-refractivity contribution is -0.137. The molecule has 0 aliphatic heterocycles. The molecule has 1 atom stereocenters. The van der Waals surface area contributed by atoms with Crippen molar-refractivity contribution in [2.45, 2.75) is 32.5 Å². The van der Waals surface area contributed by atoms with Crippen LogP contribution in [0.4, 0.5) is 18.9 Å². The fourth-order valence-electron chi connectivity index (χ4n) is 1.40. The van der Waals surface area contributed by atoms with Gasteiger partial charge >= 0.3 is 18.0 Å². The lowest BCUT2D eigenvalue weighted by atomic mass is 10.2. The van der Waals surface area contributed by atoms with E-state index in [1.165, 1.54) is 6.07 Å². The predicted octanol–water partition coefficient (Wildman–Crippen LogP) is 3.21. The lowest BCUT2D eigenvalue weighted by Gasteiger charge is -2.13. The maximum atomic E-state index is 12.7. The van der Waals surface area contributed by atoms with Crippen LogP contribution in [0.5, 0.6) is 0 Å². The highest BCUT2D eigenvalue weighted by Crippen LogP contribution is 2.36. The van der Waals surface area contributed by atoms with Gasteiger partial charge < -0.3 is 10.6 Å². The molecule has 8 heteroatoms. The first-order valence-electron chi connectivity index (χ1n) is 6.13. The Labute approximate surface area is 124 Å². The van der Waals surface area contributed by atoms with Gasteiger partial charge in [-0.2, -0.15) is 13.2 Å². The van der Waals surface area contributed by atoms with E-state index in [2.05, 4.69) is 10.6 Å². The van der Waals surface area contributed by atoms with Gasteiger partial charge in [-0.15, -0.1) is 0 Å². The van der Waals surface area contributed by atoms with Crippen molar-refractivity contribution in [3.63, 3.8) is 0 Å². The van der Waals surface area contributed by atoms with Crippen LogP contribution in [0.3, 0.4) is 0 Å². The highest BCUT2D eigenvalue weighted by atomic mass is 35.5. The summed E-state index contributed by atoms with van der Waals surface area (Å²) in [7, 11) is 0. The highest BCUT2D eigenvalue weighted by molar-refractivity contribution is 6.39. The molecule has 0 aliphatic rings. The molecule has 0 aliphatic carbocycles. The third-order valence-electron chi connectivity index (χ3n) is 2.73. The van der Waals surface area contributed by atoms with E-state index in [1.54, 1.807) is 6.92 Å². The molecule has 21 heavy (non-hydrogen) atoms. The normalized spacial score (nSPS) is 12.7. The molecule has 0 spiro atoms. The van der Waals surface area contributed by atoms with Gasteiger partial charge in [0.05, 0.1) is 10.6 Å². The van der Waals surface area contributed by atoms with E-state index in [0.717, 1.165) is 6.07 Å². The number of anilines is 1. The summed E-state index contributed by atoms with van der Waals surface area (Å²) in [4.78, 5) is 23.1. The van der Waals surface area contributed by atoms with Gasteiger partial charge in [-0.1, -0.05) is 18.5 Å². The number of rotatable bonds is 3. The summed E-state index contributed by atoms with van der Waals surface area (Å²) in [6, 6.07) is 2.66. The number of amides is 2. The van der Waals surface area contributed by atoms with Gasteiger partial charge in [-0.25, -0.2) is 0 Å². The van der Waals surface area contributed by atoms with Gasteiger partial charge in [0.25, 0.3) is 0 Å². The average Bonchev–Trinajstić information content (AvgIpc) is 2.39. The molecule has 2 N–H and O–H groups in total. The summed E-state index contributed by atoms with van der Waals surface area (Å²) in [6.45, 7) is 3.52. The van der Waals surface area contributed by atoms with Gasteiger partial charge in [0.1, 0.15) is 0 Å². The third-order valence-corrected chi connectivity index (χ3v) is 3.06. The molecule has 2 amide bonds. The van der Waals surface area contributed by atoms with Gasteiger partial charge in [0.2, 0.25) is 0 Å². The van der Waals surface area contributed by atoms with Crippen molar-refractivity contribution in [1.82, 2.24) is 5.32 Å². The predicted molar refractivity (Wildman–Crippen MR) is 73.0 cm³/mol. The minimum absolute atomic E-state index is 0.156. The van der Waals surface area contributed by atoms with E-state index in [9.17, 15) is 22.8 Å². The Kier molecular flexibility index (Phi) is 5.60. The molecule has 4 nitrogen and oxygen atoms in total. The zero-order valence-electron chi connectivity index (χ0n) is 11.3. The molecule has 0 aromatic heterocycles. The molecular formula is C13H14ClF3N2O2. The second-order valence-electron chi connectivity index (χ2n) is 4.43. The van der Waals surface area contributed by atoms with Crippen molar-refractivity contribution in [2.75, 3.05) is 5.32 Å². The minimum Gasteiger partial charge on any atom is -0.345 e.